The number of para-hydroxylation sites is 2. The Morgan fingerprint density at radius 1 is 0.500 bits per heavy atom. The Balaban J connectivity index is 1.24. The predicted molar refractivity (Wildman–Crippen MR) is 141 cm³/mol. The van der Waals surface area contributed by atoms with Gasteiger partial charge in [0.25, 0.3) is 10.1 Å². The fourth-order valence-corrected chi connectivity index (χ4v) is 3.80. The molecule has 2 rings (SSSR count). The van der Waals surface area contributed by atoms with Crippen molar-refractivity contribution in [1.82, 2.24) is 0 Å². The molecular formula is C26H39NO10S. The van der Waals surface area contributed by atoms with Crippen molar-refractivity contribution in [3.8, 4) is 5.75 Å². The lowest BCUT2D eigenvalue weighted by Gasteiger charge is -2.09. The highest BCUT2D eigenvalue weighted by Crippen LogP contribution is 2.19. The predicted octanol–water partition coefficient (Wildman–Crippen LogP) is 2.15. The maximum atomic E-state index is 11.9. The number of benzene rings is 2. The highest BCUT2D eigenvalue weighted by Gasteiger charge is 2.13. The van der Waals surface area contributed by atoms with E-state index in [1.165, 1.54) is 12.1 Å². The van der Waals surface area contributed by atoms with E-state index in [0.29, 0.717) is 90.7 Å². The largest absolute Gasteiger partial charge is 0.489 e. The average Bonchev–Trinajstić information content (AvgIpc) is 2.93. The summed E-state index contributed by atoms with van der Waals surface area (Å²) in [6, 6.07) is 15.3. The molecule has 0 aromatic heterocycles. The first-order valence-corrected chi connectivity index (χ1v) is 13.9. The van der Waals surface area contributed by atoms with Crippen LogP contribution in [0.5, 0.6) is 5.75 Å². The molecule has 11 nitrogen and oxygen atoms in total. The van der Waals surface area contributed by atoms with E-state index in [-0.39, 0.29) is 18.1 Å². The summed E-state index contributed by atoms with van der Waals surface area (Å²) in [6.07, 6.45) is 0. The molecule has 38 heavy (non-hydrogen) atoms. The molecule has 0 fully saturated rings. The van der Waals surface area contributed by atoms with Gasteiger partial charge in [0, 0.05) is 0 Å². The van der Waals surface area contributed by atoms with E-state index in [1.807, 2.05) is 18.2 Å². The Morgan fingerprint density at radius 3 is 1.37 bits per heavy atom. The molecule has 0 bridgehead atoms. The van der Waals surface area contributed by atoms with E-state index in [2.05, 4.69) is 0 Å². The molecule has 0 saturated carbocycles. The minimum Gasteiger partial charge on any atom is -0.489 e. The Labute approximate surface area is 225 Å². The van der Waals surface area contributed by atoms with Gasteiger partial charge in [-0.2, -0.15) is 8.42 Å². The third-order valence-electron chi connectivity index (χ3n) is 4.76. The summed E-state index contributed by atoms with van der Waals surface area (Å²) in [7, 11) is -3.75. The summed E-state index contributed by atoms with van der Waals surface area (Å²) in [5.41, 5.74) is 6.41. The number of hydrogen-bond donors (Lipinski definition) is 1. The molecule has 2 N–H and O–H groups in total. The molecule has 0 radical (unpaired) electrons. The second-order valence-electron chi connectivity index (χ2n) is 7.65. The highest BCUT2D eigenvalue weighted by atomic mass is 32.2. The van der Waals surface area contributed by atoms with Gasteiger partial charge in [-0.25, -0.2) is 0 Å². The first kappa shape index (κ1) is 31.9. The van der Waals surface area contributed by atoms with E-state index in [9.17, 15) is 8.42 Å². The van der Waals surface area contributed by atoms with E-state index in [4.69, 9.17) is 43.1 Å². The van der Waals surface area contributed by atoms with Crippen molar-refractivity contribution in [2.24, 2.45) is 0 Å². The topological polar surface area (TPSA) is 134 Å². The van der Waals surface area contributed by atoms with Gasteiger partial charge in [-0.1, -0.05) is 30.3 Å². The maximum Gasteiger partial charge on any atom is 0.297 e. The molecule has 0 aliphatic heterocycles. The third-order valence-corrected chi connectivity index (χ3v) is 6.09. The van der Waals surface area contributed by atoms with Gasteiger partial charge < -0.3 is 38.9 Å². The summed E-state index contributed by atoms with van der Waals surface area (Å²) < 4.78 is 66.8. The number of rotatable bonds is 24. The van der Waals surface area contributed by atoms with Gasteiger partial charge in [0.2, 0.25) is 0 Å². The lowest BCUT2D eigenvalue weighted by atomic mass is 10.3. The van der Waals surface area contributed by atoms with Gasteiger partial charge in [0.1, 0.15) is 12.4 Å². The first-order chi connectivity index (χ1) is 18.6. The fourth-order valence-electron chi connectivity index (χ4n) is 2.88. The molecule has 0 atom stereocenters. The molecule has 0 heterocycles. The van der Waals surface area contributed by atoms with Gasteiger partial charge in [-0.15, -0.1) is 0 Å². The van der Waals surface area contributed by atoms with E-state index in [1.54, 1.807) is 24.3 Å². The molecule has 2 aromatic rings. The van der Waals surface area contributed by atoms with Crippen molar-refractivity contribution in [3.05, 3.63) is 54.6 Å². The zero-order valence-electron chi connectivity index (χ0n) is 21.7. The summed E-state index contributed by atoms with van der Waals surface area (Å²) in [5, 5.41) is 0. The summed E-state index contributed by atoms with van der Waals surface area (Å²) in [5.74, 6) is 0.658. The van der Waals surface area contributed by atoms with Crippen molar-refractivity contribution in [2.45, 2.75) is 4.90 Å². The van der Waals surface area contributed by atoms with Gasteiger partial charge >= 0.3 is 0 Å². The second-order valence-corrected chi connectivity index (χ2v) is 9.27. The Morgan fingerprint density at radius 2 is 0.895 bits per heavy atom. The number of hydrogen-bond acceptors (Lipinski definition) is 11. The lowest BCUT2D eigenvalue weighted by Crippen LogP contribution is -2.15. The quantitative estimate of drug-likeness (QED) is 0.116. The van der Waals surface area contributed by atoms with Crippen LogP contribution in [0.15, 0.2) is 59.5 Å². The van der Waals surface area contributed by atoms with Gasteiger partial charge in [0.05, 0.1) is 96.5 Å². The maximum absolute atomic E-state index is 11.9. The Hall–Kier alpha value is -2.29. The van der Waals surface area contributed by atoms with Crippen LogP contribution in [0.4, 0.5) is 5.69 Å². The molecule has 0 aliphatic rings. The van der Waals surface area contributed by atoms with Crippen molar-refractivity contribution in [1.29, 1.82) is 0 Å². The second kappa shape index (κ2) is 20.6. The van der Waals surface area contributed by atoms with Crippen molar-refractivity contribution < 1.29 is 45.8 Å². The molecule has 0 spiro atoms. The molecule has 0 unspecified atom stereocenters. The third kappa shape index (κ3) is 15.2. The highest BCUT2D eigenvalue weighted by molar-refractivity contribution is 7.86. The van der Waals surface area contributed by atoms with E-state index in [0.717, 1.165) is 0 Å². The summed E-state index contributed by atoms with van der Waals surface area (Å²) in [6.45, 7) is 5.40. The van der Waals surface area contributed by atoms with Crippen LogP contribution in [0.3, 0.4) is 0 Å². The van der Waals surface area contributed by atoms with Crippen molar-refractivity contribution in [2.75, 3.05) is 98.2 Å². The SMILES string of the molecule is Nc1ccccc1OCCOCCOCCOCCOCCOCCOCCOS(=O)(=O)c1ccccc1. The minimum atomic E-state index is -3.75. The Kier molecular flexibility index (Phi) is 17.3. The van der Waals surface area contributed by atoms with E-state index < -0.39 is 10.1 Å². The van der Waals surface area contributed by atoms with Crippen LogP contribution in [0.2, 0.25) is 0 Å². The van der Waals surface area contributed by atoms with E-state index >= 15 is 0 Å². The van der Waals surface area contributed by atoms with Crippen molar-refractivity contribution >= 4 is 15.8 Å². The monoisotopic (exact) mass is 557 g/mol. The fraction of sp³-hybridized carbons (Fsp3) is 0.538. The average molecular weight is 558 g/mol. The molecule has 0 amide bonds. The number of ether oxygens (including phenoxy) is 7. The van der Waals surface area contributed by atoms with Crippen LogP contribution in [-0.4, -0.2) is 101 Å². The lowest BCUT2D eigenvalue weighted by molar-refractivity contribution is -0.0186. The Bertz CT molecular complexity index is 946. The van der Waals surface area contributed by atoms with Gasteiger partial charge in [-0.05, 0) is 24.3 Å². The molecular weight excluding hydrogens is 518 g/mol. The normalized spacial score (nSPS) is 11.6. The zero-order chi connectivity index (χ0) is 27.2. The summed E-state index contributed by atoms with van der Waals surface area (Å²) >= 11 is 0. The number of anilines is 1. The van der Waals surface area contributed by atoms with Crippen LogP contribution in [0, 0.1) is 0 Å². The first-order valence-electron chi connectivity index (χ1n) is 12.5. The molecule has 0 aliphatic carbocycles. The molecule has 0 saturated heterocycles. The standard InChI is InChI=1S/C26H39NO10S/c27-25-8-4-5-9-26(25)36-22-20-34-18-16-32-14-12-30-10-11-31-13-15-33-17-19-35-21-23-37-38(28,29)24-6-2-1-3-7-24/h1-9H,10-23,27H2. The van der Waals surface area contributed by atoms with Crippen LogP contribution in [-0.2, 0) is 42.7 Å². The molecule has 2 aromatic carbocycles. The molecule has 214 valence electrons. The van der Waals surface area contributed by atoms with Crippen LogP contribution < -0.4 is 10.5 Å². The van der Waals surface area contributed by atoms with Gasteiger partial charge in [-0.3, -0.25) is 4.18 Å². The van der Waals surface area contributed by atoms with Crippen LogP contribution >= 0.6 is 0 Å². The minimum absolute atomic E-state index is 0.0555. The number of nitrogens with two attached hydrogens (primary N) is 1. The summed E-state index contributed by atoms with van der Waals surface area (Å²) in [4.78, 5) is 0.122. The van der Waals surface area contributed by atoms with Gasteiger partial charge in [0.15, 0.2) is 0 Å². The van der Waals surface area contributed by atoms with Crippen molar-refractivity contribution in [3.63, 3.8) is 0 Å². The smallest absolute Gasteiger partial charge is 0.297 e. The van der Waals surface area contributed by atoms with Crippen LogP contribution in [0.25, 0.3) is 0 Å². The zero-order valence-corrected chi connectivity index (χ0v) is 22.5. The van der Waals surface area contributed by atoms with Crippen LogP contribution in [0.1, 0.15) is 0 Å². The number of nitrogen functional groups attached to an aromatic ring is 1. The molecule has 12 heteroatoms.